The molecule has 1 aliphatic rings. The molecular formula is C20H18ClN3O3. The van der Waals surface area contributed by atoms with Crippen LogP contribution in [-0.4, -0.2) is 34.2 Å². The largest absolute Gasteiger partial charge is 0.497 e. The lowest BCUT2D eigenvalue weighted by Crippen LogP contribution is -2.32. The molecule has 1 aromatic heterocycles. The first kappa shape index (κ1) is 17.5. The van der Waals surface area contributed by atoms with Crippen molar-refractivity contribution in [2.24, 2.45) is 0 Å². The number of ether oxygens (including phenoxy) is 1. The fourth-order valence-electron chi connectivity index (χ4n) is 2.88. The Labute approximate surface area is 161 Å². The highest BCUT2D eigenvalue weighted by Gasteiger charge is 2.34. The van der Waals surface area contributed by atoms with Gasteiger partial charge in [0.05, 0.1) is 24.2 Å². The summed E-state index contributed by atoms with van der Waals surface area (Å²) in [6.45, 7) is 0.262. The third-order valence-corrected chi connectivity index (χ3v) is 4.77. The zero-order valence-electron chi connectivity index (χ0n) is 14.8. The van der Waals surface area contributed by atoms with Gasteiger partial charge in [0, 0.05) is 11.6 Å². The molecule has 1 aliphatic carbocycles. The van der Waals surface area contributed by atoms with E-state index in [0.29, 0.717) is 33.7 Å². The third-order valence-electron chi connectivity index (χ3n) is 4.44. The van der Waals surface area contributed by atoms with Crippen LogP contribution in [0.2, 0.25) is 5.02 Å². The van der Waals surface area contributed by atoms with Gasteiger partial charge >= 0.3 is 0 Å². The molecule has 6 nitrogen and oxygen atoms in total. The highest BCUT2D eigenvalue weighted by molar-refractivity contribution is 6.33. The summed E-state index contributed by atoms with van der Waals surface area (Å²) in [6.07, 6.45) is 1.95. The van der Waals surface area contributed by atoms with Gasteiger partial charge in [0.25, 0.3) is 5.91 Å². The third kappa shape index (κ3) is 3.80. The van der Waals surface area contributed by atoms with Crippen LogP contribution in [0.1, 0.15) is 29.1 Å². The molecule has 27 heavy (non-hydrogen) atoms. The molecule has 0 aliphatic heterocycles. The Kier molecular flexibility index (Phi) is 4.81. The van der Waals surface area contributed by atoms with Crippen molar-refractivity contribution in [1.82, 2.24) is 15.1 Å². The van der Waals surface area contributed by atoms with Crippen LogP contribution < -0.4 is 4.74 Å². The maximum Gasteiger partial charge on any atom is 0.254 e. The maximum absolute atomic E-state index is 13.0. The molecule has 0 radical (unpaired) electrons. The Morgan fingerprint density at radius 3 is 2.78 bits per heavy atom. The minimum Gasteiger partial charge on any atom is -0.497 e. The average molecular weight is 384 g/mol. The quantitative estimate of drug-likeness (QED) is 0.638. The summed E-state index contributed by atoms with van der Waals surface area (Å²) in [7, 11) is 1.58. The Bertz CT molecular complexity index is 968. The Balaban J connectivity index is 1.56. The zero-order chi connectivity index (χ0) is 18.8. The molecule has 0 saturated heterocycles. The molecule has 1 saturated carbocycles. The summed E-state index contributed by atoms with van der Waals surface area (Å²) in [6, 6.07) is 14.6. The summed E-state index contributed by atoms with van der Waals surface area (Å²) in [5, 5.41) is 8.72. The number of carbonyl (C=O) groups is 1. The number of methoxy groups -OCH3 is 1. The maximum atomic E-state index is 13.0. The molecule has 138 valence electrons. The van der Waals surface area contributed by atoms with Gasteiger partial charge in [0.2, 0.25) is 11.8 Å². The number of benzene rings is 2. The molecular weight excluding hydrogens is 366 g/mol. The van der Waals surface area contributed by atoms with Crippen molar-refractivity contribution in [1.29, 1.82) is 0 Å². The van der Waals surface area contributed by atoms with Gasteiger partial charge in [0.1, 0.15) is 5.75 Å². The van der Waals surface area contributed by atoms with Crippen molar-refractivity contribution in [2.45, 2.75) is 25.4 Å². The highest BCUT2D eigenvalue weighted by atomic mass is 35.5. The normalized spacial score (nSPS) is 13.4. The van der Waals surface area contributed by atoms with Crippen LogP contribution >= 0.6 is 11.6 Å². The van der Waals surface area contributed by atoms with Gasteiger partial charge in [-0.3, -0.25) is 4.79 Å². The molecule has 0 unspecified atom stereocenters. The second-order valence-corrected chi connectivity index (χ2v) is 6.78. The Hall–Kier alpha value is -2.86. The number of hydrogen-bond donors (Lipinski definition) is 0. The first-order valence-corrected chi connectivity index (χ1v) is 9.06. The number of rotatable bonds is 6. The SMILES string of the molecule is COc1cccc(C(=O)N(Cc2nnc(-c3ccccc3Cl)o2)C2CC2)c1. The number of carbonyl (C=O) groups excluding carboxylic acids is 1. The smallest absolute Gasteiger partial charge is 0.254 e. The van der Waals surface area contributed by atoms with Gasteiger partial charge in [-0.05, 0) is 43.2 Å². The van der Waals surface area contributed by atoms with Crippen molar-refractivity contribution in [3.63, 3.8) is 0 Å². The number of halogens is 1. The predicted molar refractivity (Wildman–Crippen MR) is 101 cm³/mol. The van der Waals surface area contributed by atoms with Gasteiger partial charge in [0.15, 0.2) is 0 Å². The van der Waals surface area contributed by atoms with Crippen molar-refractivity contribution in [3.05, 3.63) is 65.0 Å². The summed E-state index contributed by atoms with van der Waals surface area (Å²) in [5.74, 6) is 1.30. The Morgan fingerprint density at radius 2 is 2.04 bits per heavy atom. The molecule has 0 N–H and O–H groups in total. The fraction of sp³-hybridized carbons (Fsp3) is 0.250. The van der Waals surface area contributed by atoms with Crippen LogP contribution in [0.5, 0.6) is 5.75 Å². The second-order valence-electron chi connectivity index (χ2n) is 6.38. The lowest BCUT2D eigenvalue weighted by Gasteiger charge is -2.20. The average Bonchev–Trinajstić information content (AvgIpc) is 3.44. The lowest BCUT2D eigenvalue weighted by molar-refractivity contribution is 0.0714. The van der Waals surface area contributed by atoms with Gasteiger partial charge in [-0.25, -0.2) is 0 Å². The summed E-state index contributed by atoms with van der Waals surface area (Å²) < 4.78 is 11.0. The van der Waals surface area contributed by atoms with Crippen LogP contribution in [0.15, 0.2) is 52.9 Å². The summed E-state index contributed by atoms with van der Waals surface area (Å²) >= 11 is 6.19. The number of aromatic nitrogens is 2. The molecule has 7 heteroatoms. The van der Waals surface area contributed by atoms with E-state index in [4.69, 9.17) is 20.8 Å². The van der Waals surface area contributed by atoms with Gasteiger partial charge in [-0.15, -0.1) is 10.2 Å². The Morgan fingerprint density at radius 1 is 1.22 bits per heavy atom. The topological polar surface area (TPSA) is 68.5 Å². The van der Waals surface area contributed by atoms with Crippen molar-refractivity contribution < 1.29 is 13.9 Å². The van der Waals surface area contributed by atoms with E-state index in [1.54, 1.807) is 36.3 Å². The van der Waals surface area contributed by atoms with E-state index in [9.17, 15) is 4.79 Å². The molecule has 2 aromatic carbocycles. The molecule has 4 rings (SSSR count). The number of amides is 1. The van der Waals surface area contributed by atoms with E-state index in [1.807, 2.05) is 24.3 Å². The number of hydrogen-bond acceptors (Lipinski definition) is 5. The molecule has 0 spiro atoms. The van der Waals surface area contributed by atoms with E-state index >= 15 is 0 Å². The zero-order valence-corrected chi connectivity index (χ0v) is 15.5. The van der Waals surface area contributed by atoms with Crippen LogP contribution in [-0.2, 0) is 6.54 Å². The van der Waals surface area contributed by atoms with Crippen molar-refractivity contribution in [3.8, 4) is 17.2 Å². The van der Waals surface area contributed by atoms with E-state index in [2.05, 4.69) is 10.2 Å². The van der Waals surface area contributed by atoms with Crippen LogP contribution in [0, 0.1) is 0 Å². The van der Waals surface area contributed by atoms with Crippen molar-refractivity contribution >= 4 is 17.5 Å². The summed E-state index contributed by atoms with van der Waals surface area (Å²) in [4.78, 5) is 14.8. The summed E-state index contributed by atoms with van der Waals surface area (Å²) in [5.41, 5.74) is 1.25. The van der Waals surface area contributed by atoms with Crippen LogP contribution in [0.3, 0.4) is 0 Å². The molecule has 0 atom stereocenters. The molecule has 0 bridgehead atoms. The van der Waals surface area contributed by atoms with Crippen LogP contribution in [0.4, 0.5) is 0 Å². The first-order valence-electron chi connectivity index (χ1n) is 8.68. The van der Waals surface area contributed by atoms with Gasteiger partial charge in [-0.2, -0.15) is 0 Å². The molecule has 1 amide bonds. The minimum atomic E-state index is -0.0751. The van der Waals surface area contributed by atoms with E-state index in [0.717, 1.165) is 12.8 Å². The first-order chi connectivity index (χ1) is 13.2. The standard InChI is InChI=1S/C20H18ClN3O3/c1-26-15-6-4-5-13(11-15)20(25)24(14-9-10-14)12-18-22-23-19(27-18)16-7-2-3-8-17(16)21/h2-8,11,14H,9-10,12H2,1H3. The minimum absolute atomic E-state index is 0.0751. The van der Waals surface area contributed by atoms with E-state index in [1.165, 1.54) is 0 Å². The van der Waals surface area contributed by atoms with Crippen molar-refractivity contribution in [2.75, 3.05) is 7.11 Å². The fourth-order valence-corrected chi connectivity index (χ4v) is 3.10. The van der Waals surface area contributed by atoms with E-state index < -0.39 is 0 Å². The van der Waals surface area contributed by atoms with Crippen LogP contribution in [0.25, 0.3) is 11.5 Å². The molecule has 1 heterocycles. The lowest BCUT2D eigenvalue weighted by atomic mass is 10.2. The second kappa shape index (κ2) is 7.40. The molecule has 3 aromatic rings. The van der Waals surface area contributed by atoms with Gasteiger partial charge < -0.3 is 14.1 Å². The van der Waals surface area contributed by atoms with E-state index in [-0.39, 0.29) is 18.5 Å². The number of nitrogens with zero attached hydrogens (tertiary/aromatic N) is 3. The monoisotopic (exact) mass is 383 g/mol. The highest BCUT2D eigenvalue weighted by Crippen LogP contribution is 2.31. The molecule has 1 fully saturated rings. The van der Waals surface area contributed by atoms with Gasteiger partial charge in [-0.1, -0.05) is 29.8 Å². The predicted octanol–water partition coefficient (Wildman–Crippen LogP) is 4.20.